The topological polar surface area (TPSA) is 0 Å². The van der Waals surface area contributed by atoms with Crippen molar-refractivity contribution in [3.8, 4) is 0 Å². The van der Waals surface area contributed by atoms with Crippen molar-refractivity contribution in [2.24, 2.45) is 11.8 Å². The Hall–Kier alpha value is 0.759. The van der Waals surface area contributed by atoms with E-state index in [1.807, 2.05) is 0 Å². The second-order valence-electron chi connectivity index (χ2n) is 4.75. The van der Waals surface area contributed by atoms with Crippen molar-refractivity contribution in [1.29, 1.82) is 0 Å². The van der Waals surface area contributed by atoms with Crippen LogP contribution in [0.15, 0.2) is 30.3 Å². The molecule has 5 atom stereocenters. The normalized spacial score (nSPS) is 41.5. The molecule has 0 spiro atoms. The Morgan fingerprint density at radius 2 is 1.94 bits per heavy atom. The van der Waals surface area contributed by atoms with Crippen LogP contribution in [0.4, 0.5) is 0 Å². The van der Waals surface area contributed by atoms with E-state index in [9.17, 15) is 0 Å². The third-order valence-electron chi connectivity index (χ3n) is 3.77. The van der Waals surface area contributed by atoms with Crippen LogP contribution in [0.2, 0.25) is 4.82 Å². The number of hydrogen-bond acceptors (Lipinski definition) is 0. The van der Waals surface area contributed by atoms with Gasteiger partial charge in [-0.05, 0) is 0 Å². The standard InChI is InChI=1S/C13H14ClISe/c14-12-8-6-10(11(15)7-8)13(12)16-9-4-2-1-3-5-9/h1-5,8,10-13H,6-7H2/t8-,10+,11+,12+,13+/m1/s1. The maximum absolute atomic E-state index is 6.60. The van der Waals surface area contributed by atoms with Crippen LogP contribution in [0.1, 0.15) is 12.8 Å². The molecule has 86 valence electrons. The van der Waals surface area contributed by atoms with E-state index in [0.29, 0.717) is 20.3 Å². The zero-order chi connectivity index (χ0) is 11.1. The summed E-state index contributed by atoms with van der Waals surface area (Å²) in [7, 11) is 0. The van der Waals surface area contributed by atoms with Gasteiger partial charge in [-0.15, -0.1) is 0 Å². The molecule has 0 radical (unpaired) electrons. The first kappa shape index (κ1) is 11.8. The average molecular weight is 412 g/mol. The van der Waals surface area contributed by atoms with Crippen molar-refractivity contribution in [1.82, 2.24) is 0 Å². The Kier molecular flexibility index (Phi) is 3.54. The third-order valence-corrected chi connectivity index (χ3v) is 9.23. The van der Waals surface area contributed by atoms with E-state index >= 15 is 0 Å². The number of halogens is 2. The summed E-state index contributed by atoms with van der Waals surface area (Å²) in [5, 5.41) is 0.455. The van der Waals surface area contributed by atoms with Crippen molar-refractivity contribution in [2.45, 2.75) is 27.0 Å². The zero-order valence-electron chi connectivity index (χ0n) is 8.85. The summed E-state index contributed by atoms with van der Waals surface area (Å²) in [6.07, 6.45) is 2.75. The molecule has 0 saturated heterocycles. The van der Waals surface area contributed by atoms with E-state index in [2.05, 4.69) is 52.9 Å². The zero-order valence-corrected chi connectivity index (χ0v) is 13.5. The number of hydrogen-bond donors (Lipinski definition) is 0. The van der Waals surface area contributed by atoms with Gasteiger partial charge >= 0.3 is 123 Å². The second kappa shape index (κ2) is 4.79. The van der Waals surface area contributed by atoms with Crippen LogP contribution in [0.5, 0.6) is 0 Å². The van der Waals surface area contributed by atoms with Gasteiger partial charge in [0.1, 0.15) is 0 Å². The molecule has 3 heteroatoms. The van der Waals surface area contributed by atoms with E-state index in [0.717, 1.165) is 20.6 Å². The summed E-state index contributed by atoms with van der Waals surface area (Å²) in [5.74, 6) is 1.71. The van der Waals surface area contributed by atoms with Gasteiger partial charge in [-0.3, -0.25) is 0 Å². The van der Waals surface area contributed by atoms with Crippen LogP contribution in [0, 0.1) is 11.8 Å². The van der Waals surface area contributed by atoms with Crippen LogP contribution in [-0.2, 0) is 0 Å². The van der Waals surface area contributed by atoms with Gasteiger partial charge in [0.05, 0.1) is 0 Å². The molecule has 0 heterocycles. The summed E-state index contributed by atoms with van der Waals surface area (Å²) >= 11 is 9.81. The molecule has 1 aromatic carbocycles. The van der Waals surface area contributed by atoms with Crippen molar-refractivity contribution in [3.63, 3.8) is 0 Å². The molecular formula is C13H14ClISe. The summed E-state index contributed by atoms with van der Waals surface area (Å²) in [5.41, 5.74) is 0. The molecule has 0 aliphatic heterocycles. The number of rotatable bonds is 2. The molecule has 0 unspecified atom stereocenters. The molecule has 1 aromatic rings. The molecule has 2 fully saturated rings. The fraction of sp³-hybridized carbons (Fsp3) is 0.538. The van der Waals surface area contributed by atoms with E-state index < -0.39 is 0 Å². The molecule has 0 amide bonds. The van der Waals surface area contributed by atoms with E-state index in [-0.39, 0.29) is 0 Å². The van der Waals surface area contributed by atoms with Crippen molar-refractivity contribution >= 4 is 53.6 Å². The van der Waals surface area contributed by atoms with Gasteiger partial charge in [0.15, 0.2) is 0 Å². The van der Waals surface area contributed by atoms with Gasteiger partial charge in [0, 0.05) is 0 Å². The second-order valence-corrected chi connectivity index (χ2v) is 9.48. The molecule has 2 aliphatic carbocycles. The van der Waals surface area contributed by atoms with Crippen LogP contribution in [0.25, 0.3) is 0 Å². The predicted octanol–water partition coefficient (Wildman–Crippen LogP) is 3.26. The molecule has 0 nitrogen and oxygen atoms in total. The van der Waals surface area contributed by atoms with Crippen molar-refractivity contribution in [2.75, 3.05) is 0 Å². The quantitative estimate of drug-likeness (QED) is 0.398. The summed E-state index contributed by atoms with van der Waals surface area (Å²) in [6, 6.07) is 10.9. The number of fused-ring (bicyclic) bond motifs is 2. The van der Waals surface area contributed by atoms with Crippen LogP contribution < -0.4 is 4.46 Å². The summed E-state index contributed by atoms with van der Waals surface area (Å²) < 4.78 is 2.40. The van der Waals surface area contributed by atoms with E-state index in [4.69, 9.17) is 11.6 Å². The van der Waals surface area contributed by atoms with Crippen LogP contribution in [0.3, 0.4) is 0 Å². The van der Waals surface area contributed by atoms with Gasteiger partial charge in [-0.25, -0.2) is 0 Å². The first-order valence-electron chi connectivity index (χ1n) is 5.75. The number of alkyl halides is 2. The van der Waals surface area contributed by atoms with Gasteiger partial charge in [0.2, 0.25) is 0 Å². The Balaban J connectivity index is 1.76. The minimum absolute atomic E-state index is 0.455. The molecule has 3 rings (SSSR count). The third kappa shape index (κ3) is 2.07. The Morgan fingerprint density at radius 3 is 2.62 bits per heavy atom. The SMILES string of the molecule is Cl[C@H]1[C@@H]2C[C@H]([C@@H]1[Se]c1ccccc1)[C@@H](I)C2. The maximum atomic E-state index is 6.60. The fourth-order valence-electron chi connectivity index (χ4n) is 2.97. The summed E-state index contributed by atoms with van der Waals surface area (Å²) in [6.45, 7) is 0. The molecule has 2 saturated carbocycles. The molecular weight excluding hydrogens is 397 g/mol. The summed E-state index contributed by atoms with van der Waals surface area (Å²) in [4.78, 5) is 0.775. The van der Waals surface area contributed by atoms with Crippen molar-refractivity contribution < 1.29 is 0 Å². The van der Waals surface area contributed by atoms with Crippen molar-refractivity contribution in [3.05, 3.63) is 30.3 Å². The van der Waals surface area contributed by atoms with Gasteiger partial charge in [0.25, 0.3) is 0 Å². The molecule has 2 aliphatic rings. The predicted molar refractivity (Wildman–Crippen MR) is 79.2 cm³/mol. The molecule has 16 heavy (non-hydrogen) atoms. The first-order chi connectivity index (χ1) is 7.75. The average Bonchev–Trinajstić information content (AvgIpc) is 2.80. The van der Waals surface area contributed by atoms with Crippen LogP contribution in [-0.4, -0.2) is 24.3 Å². The molecule has 0 N–H and O–H groups in total. The van der Waals surface area contributed by atoms with E-state index in [1.165, 1.54) is 17.3 Å². The van der Waals surface area contributed by atoms with Gasteiger partial charge in [-0.2, -0.15) is 0 Å². The number of benzene rings is 1. The first-order valence-corrected chi connectivity index (χ1v) is 9.28. The fourth-order valence-corrected chi connectivity index (χ4v) is 8.71. The van der Waals surface area contributed by atoms with Gasteiger partial charge in [-0.1, -0.05) is 0 Å². The van der Waals surface area contributed by atoms with Gasteiger partial charge < -0.3 is 0 Å². The minimum atomic E-state index is 0.455. The molecule has 2 bridgehead atoms. The Bertz CT molecular complexity index is 369. The Morgan fingerprint density at radius 1 is 1.19 bits per heavy atom. The van der Waals surface area contributed by atoms with Crippen LogP contribution >= 0.6 is 34.2 Å². The Labute approximate surface area is 122 Å². The molecule has 0 aromatic heterocycles. The monoisotopic (exact) mass is 412 g/mol. The van der Waals surface area contributed by atoms with E-state index in [1.54, 1.807) is 0 Å².